The van der Waals surface area contributed by atoms with E-state index in [1.165, 1.54) is 6.42 Å². The average Bonchev–Trinajstić information content (AvgIpc) is 2.22. The smallest absolute Gasteiger partial charge is 0.312 e. The van der Waals surface area contributed by atoms with Crippen LogP contribution in [0.4, 0.5) is 0 Å². The predicted molar refractivity (Wildman–Crippen MR) is 66.2 cm³/mol. The van der Waals surface area contributed by atoms with Gasteiger partial charge in [-0.05, 0) is 58.4 Å². The first-order chi connectivity index (χ1) is 7.32. The van der Waals surface area contributed by atoms with Gasteiger partial charge in [0.1, 0.15) is 5.60 Å². The summed E-state index contributed by atoms with van der Waals surface area (Å²) in [6, 6.07) is 0. The van der Waals surface area contributed by atoms with E-state index in [0.717, 1.165) is 31.3 Å². The molecule has 0 N–H and O–H groups in total. The van der Waals surface area contributed by atoms with E-state index in [1.807, 2.05) is 27.7 Å². The van der Waals surface area contributed by atoms with Gasteiger partial charge in [-0.3, -0.25) is 4.79 Å². The molecule has 1 unspecified atom stereocenters. The van der Waals surface area contributed by atoms with Gasteiger partial charge in [0.2, 0.25) is 0 Å². The summed E-state index contributed by atoms with van der Waals surface area (Å²) in [4.78, 5) is 12.1. The highest BCUT2D eigenvalue weighted by atomic mass is 16.6. The summed E-state index contributed by atoms with van der Waals surface area (Å²) in [5.74, 6) is -0.0967. The summed E-state index contributed by atoms with van der Waals surface area (Å²) in [6.07, 6.45) is 4.99. The first-order valence-corrected chi connectivity index (χ1v) is 6.23. The lowest BCUT2D eigenvalue weighted by Crippen LogP contribution is -2.40. The van der Waals surface area contributed by atoms with Crippen molar-refractivity contribution in [3.8, 4) is 0 Å². The highest BCUT2D eigenvalue weighted by Crippen LogP contribution is 2.37. The standard InChI is InChI=1S/C14H24O2/c1-6-13(3,4)12(15)16-14(5)10-8-7-9-11(14)2/h2,6-10H2,1,3-5H3. The van der Waals surface area contributed by atoms with Crippen LogP contribution >= 0.6 is 0 Å². The van der Waals surface area contributed by atoms with Crippen LogP contribution in [-0.2, 0) is 9.53 Å². The van der Waals surface area contributed by atoms with Gasteiger partial charge in [0, 0.05) is 0 Å². The van der Waals surface area contributed by atoms with Gasteiger partial charge in [-0.15, -0.1) is 0 Å². The second-order valence-corrected chi connectivity index (χ2v) is 5.67. The minimum atomic E-state index is -0.429. The van der Waals surface area contributed by atoms with Crippen LogP contribution in [0.25, 0.3) is 0 Å². The van der Waals surface area contributed by atoms with E-state index in [-0.39, 0.29) is 11.4 Å². The van der Waals surface area contributed by atoms with Gasteiger partial charge >= 0.3 is 5.97 Å². The Morgan fingerprint density at radius 1 is 1.50 bits per heavy atom. The molecule has 0 spiro atoms. The third kappa shape index (κ3) is 2.66. The van der Waals surface area contributed by atoms with E-state index in [1.54, 1.807) is 0 Å². The molecule has 0 saturated heterocycles. The van der Waals surface area contributed by atoms with E-state index in [2.05, 4.69) is 6.58 Å². The summed E-state index contributed by atoms with van der Waals surface area (Å²) < 4.78 is 5.71. The maximum atomic E-state index is 12.1. The summed E-state index contributed by atoms with van der Waals surface area (Å²) in [7, 11) is 0. The number of ether oxygens (including phenoxy) is 1. The lowest BCUT2D eigenvalue weighted by molar-refractivity contribution is -0.167. The normalized spacial score (nSPS) is 26.6. The van der Waals surface area contributed by atoms with Crippen molar-refractivity contribution in [1.82, 2.24) is 0 Å². The second kappa shape index (κ2) is 4.60. The SMILES string of the molecule is C=C1CCCCC1(C)OC(=O)C(C)(C)CC. The fraction of sp³-hybridized carbons (Fsp3) is 0.786. The van der Waals surface area contributed by atoms with Crippen LogP contribution in [0.5, 0.6) is 0 Å². The zero-order valence-electron chi connectivity index (χ0n) is 11.1. The molecule has 2 heteroatoms. The summed E-state index contributed by atoms with van der Waals surface area (Å²) in [5.41, 5.74) is 0.252. The Kier molecular flexibility index (Phi) is 3.82. The van der Waals surface area contributed by atoms with Crippen molar-refractivity contribution in [2.45, 2.75) is 65.4 Å². The quantitative estimate of drug-likeness (QED) is 0.537. The first-order valence-electron chi connectivity index (χ1n) is 6.23. The minimum Gasteiger partial charge on any atom is -0.454 e. The highest BCUT2D eigenvalue weighted by molar-refractivity contribution is 5.76. The fourth-order valence-electron chi connectivity index (χ4n) is 1.85. The van der Waals surface area contributed by atoms with Gasteiger partial charge < -0.3 is 4.74 Å². The van der Waals surface area contributed by atoms with Crippen LogP contribution < -0.4 is 0 Å². The van der Waals surface area contributed by atoms with E-state index < -0.39 is 5.60 Å². The third-order valence-corrected chi connectivity index (χ3v) is 3.88. The number of carbonyl (C=O) groups is 1. The topological polar surface area (TPSA) is 26.3 Å². The average molecular weight is 224 g/mol. The largest absolute Gasteiger partial charge is 0.454 e. The molecule has 16 heavy (non-hydrogen) atoms. The summed E-state index contributed by atoms with van der Waals surface area (Å²) in [6.45, 7) is 11.9. The van der Waals surface area contributed by atoms with Crippen LogP contribution in [0.1, 0.15) is 59.8 Å². The summed E-state index contributed by atoms with van der Waals surface area (Å²) >= 11 is 0. The molecule has 1 saturated carbocycles. The fourth-order valence-corrected chi connectivity index (χ4v) is 1.85. The van der Waals surface area contributed by atoms with Crippen LogP contribution in [0.2, 0.25) is 0 Å². The van der Waals surface area contributed by atoms with Crippen molar-refractivity contribution in [3.05, 3.63) is 12.2 Å². The van der Waals surface area contributed by atoms with Crippen LogP contribution in [0.3, 0.4) is 0 Å². The van der Waals surface area contributed by atoms with E-state index in [4.69, 9.17) is 4.74 Å². The maximum Gasteiger partial charge on any atom is 0.312 e. The molecule has 1 aliphatic carbocycles. The molecular weight excluding hydrogens is 200 g/mol. The Hall–Kier alpha value is -0.790. The maximum absolute atomic E-state index is 12.1. The van der Waals surface area contributed by atoms with Gasteiger partial charge in [-0.1, -0.05) is 13.5 Å². The number of rotatable bonds is 3. The molecule has 0 aromatic heterocycles. The van der Waals surface area contributed by atoms with Gasteiger partial charge in [0.25, 0.3) is 0 Å². The van der Waals surface area contributed by atoms with E-state index in [9.17, 15) is 4.79 Å². The molecule has 1 fully saturated rings. The molecule has 1 aliphatic rings. The summed E-state index contributed by atoms with van der Waals surface area (Å²) in [5, 5.41) is 0. The van der Waals surface area contributed by atoms with Crippen LogP contribution in [-0.4, -0.2) is 11.6 Å². The Balaban J connectivity index is 2.72. The lowest BCUT2D eigenvalue weighted by Gasteiger charge is -2.37. The Morgan fingerprint density at radius 2 is 2.12 bits per heavy atom. The van der Waals surface area contributed by atoms with E-state index in [0.29, 0.717) is 0 Å². The number of carbonyl (C=O) groups excluding carboxylic acids is 1. The van der Waals surface area contributed by atoms with Crippen LogP contribution in [0, 0.1) is 5.41 Å². The molecule has 0 amide bonds. The molecule has 92 valence electrons. The number of hydrogen-bond acceptors (Lipinski definition) is 2. The highest BCUT2D eigenvalue weighted by Gasteiger charge is 2.38. The molecular formula is C14H24O2. The first kappa shape index (κ1) is 13.3. The van der Waals surface area contributed by atoms with Crippen molar-refractivity contribution in [1.29, 1.82) is 0 Å². The number of esters is 1. The number of hydrogen-bond donors (Lipinski definition) is 0. The minimum absolute atomic E-state index is 0.0967. The van der Waals surface area contributed by atoms with Crippen molar-refractivity contribution in [3.63, 3.8) is 0 Å². The van der Waals surface area contributed by atoms with Crippen molar-refractivity contribution in [2.24, 2.45) is 5.41 Å². The molecule has 1 rings (SSSR count). The molecule has 0 heterocycles. The Labute approximate surface area is 99.1 Å². The van der Waals surface area contributed by atoms with Gasteiger partial charge in [-0.25, -0.2) is 0 Å². The lowest BCUT2D eigenvalue weighted by atomic mass is 9.81. The second-order valence-electron chi connectivity index (χ2n) is 5.67. The molecule has 0 bridgehead atoms. The van der Waals surface area contributed by atoms with Crippen LogP contribution in [0.15, 0.2) is 12.2 Å². The monoisotopic (exact) mass is 224 g/mol. The van der Waals surface area contributed by atoms with Gasteiger partial charge in [0.05, 0.1) is 5.41 Å². The molecule has 0 aromatic rings. The zero-order chi connectivity index (χ0) is 12.4. The Morgan fingerprint density at radius 3 is 2.62 bits per heavy atom. The zero-order valence-corrected chi connectivity index (χ0v) is 11.1. The third-order valence-electron chi connectivity index (χ3n) is 3.88. The molecule has 1 atom stereocenters. The van der Waals surface area contributed by atoms with Crippen molar-refractivity contribution < 1.29 is 9.53 Å². The van der Waals surface area contributed by atoms with Gasteiger partial charge in [-0.2, -0.15) is 0 Å². The molecule has 2 nitrogen and oxygen atoms in total. The molecule has 0 aromatic carbocycles. The molecule has 0 radical (unpaired) electrons. The molecule has 0 aliphatic heterocycles. The van der Waals surface area contributed by atoms with Crippen molar-refractivity contribution >= 4 is 5.97 Å². The van der Waals surface area contributed by atoms with E-state index >= 15 is 0 Å². The van der Waals surface area contributed by atoms with Crippen molar-refractivity contribution in [2.75, 3.05) is 0 Å². The van der Waals surface area contributed by atoms with Gasteiger partial charge in [0.15, 0.2) is 0 Å². The predicted octanol–water partition coefficient (Wildman–Crippen LogP) is 3.85. The Bertz CT molecular complexity index is 291.